The first-order valence-electron chi connectivity index (χ1n) is 1.90. The van der Waals surface area contributed by atoms with Crippen molar-refractivity contribution in [2.45, 2.75) is 13.8 Å². The van der Waals surface area contributed by atoms with Gasteiger partial charge in [0.2, 0.25) is 0 Å². The van der Waals surface area contributed by atoms with Crippen molar-refractivity contribution in [3.8, 4) is 0 Å². The second kappa shape index (κ2) is 2.60. The van der Waals surface area contributed by atoms with E-state index < -0.39 is 0 Å². The molecule has 0 saturated heterocycles. The van der Waals surface area contributed by atoms with Crippen LogP contribution in [0.15, 0.2) is 0 Å². The maximum absolute atomic E-state index is 6.95. The molecule has 0 rings (SSSR count). The standard InChI is InChI=1S/C4H8NTe/c1-3(2)4(5)6/h3,5H,1-2H3. The van der Waals surface area contributed by atoms with Gasteiger partial charge in [-0.3, -0.25) is 0 Å². The number of rotatable bonds is 1. The first-order valence-corrected chi connectivity index (χ1v) is 3.06. The molecule has 0 atom stereocenters. The molecule has 0 aliphatic carbocycles. The summed E-state index contributed by atoms with van der Waals surface area (Å²) in [6, 6.07) is 0. The minimum atomic E-state index is 0.440. The van der Waals surface area contributed by atoms with Gasteiger partial charge < -0.3 is 0 Å². The monoisotopic (exact) mass is 200 g/mol. The van der Waals surface area contributed by atoms with Crippen molar-refractivity contribution >= 4 is 26.1 Å². The molecule has 0 aliphatic heterocycles. The topological polar surface area (TPSA) is 23.9 Å². The molecule has 0 spiro atoms. The van der Waals surface area contributed by atoms with Crippen molar-refractivity contribution in [2.24, 2.45) is 5.92 Å². The van der Waals surface area contributed by atoms with Gasteiger partial charge in [0.25, 0.3) is 0 Å². The number of hydrogen-bond donors (Lipinski definition) is 1. The third-order valence-electron chi connectivity index (χ3n) is 0.524. The van der Waals surface area contributed by atoms with Crippen LogP contribution < -0.4 is 0 Å². The van der Waals surface area contributed by atoms with Gasteiger partial charge in [0.05, 0.1) is 0 Å². The van der Waals surface area contributed by atoms with Crippen molar-refractivity contribution in [1.29, 1.82) is 5.41 Å². The minimum absolute atomic E-state index is 0.440. The third-order valence-corrected chi connectivity index (χ3v) is 1.87. The average molecular weight is 198 g/mol. The Morgan fingerprint density at radius 2 is 1.83 bits per heavy atom. The maximum atomic E-state index is 6.95. The van der Waals surface area contributed by atoms with Gasteiger partial charge in [-0.05, 0) is 0 Å². The van der Waals surface area contributed by atoms with E-state index in [0.29, 0.717) is 5.92 Å². The zero-order valence-corrected chi connectivity index (χ0v) is 6.32. The zero-order chi connectivity index (χ0) is 5.15. The Labute approximate surface area is 51.5 Å². The van der Waals surface area contributed by atoms with Crippen molar-refractivity contribution in [1.82, 2.24) is 0 Å². The van der Waals surface area contributed by atoms with Crippen LogP contribution in [-0.2, 0) is 0 Å². The first-order chi connectivity index (χ1) is 2.64. The molecule has 0 bridgehead atoms. The molecule has 0 aromatic rings. The van der Waals surface area contributed by atoms with Gasteiger partial charge in [-0.25, -0.2) is 0 Å². The fourth-order valence-electron chi connectivity index (χ4n) is 0. The predicted octanol–water partition coefficient (Wildman–Crippen LogP) is 0.788. The average Bonchev–Trinajstić information content (AvgIpc) is 1.36. The van der Waals surface area contributed by atoms with Crippen LogP contribution in [0.25, 0.3) is 0 Å². The van der Waals surface area contributed by atoms with Crippen molar-refractivity contribution in [3.05, 3.63) is 0 Å². The Kier molecular flexibility index (Phi) is 2.80. The Morgan fingerprint density at radius 1 is 1.67 bits per heavy atom. The Bertz CT molecular complexity index is 58.6. The molecule has 0 aromatic carbocycles. The molecular weight excluding hydrogens is 190 g/mol. The van der Waals surface area contributed by atoms with Gasteiger partial charge in [0.1, 0.15) is 0 Å². The van der Waals surface area contributed by atoms with Crippen LogP contribution in [0.3, 0.4) is 0 Å². The van der Waals surface area contributed by atoms with E-state index in [4.69, 9.17) is 5.41 Å². The van der Waals surface area contributed by atoms with Crippen molar-refractivity contribution in [2.75, 3.05) is 0 Å². The van der Waals surface area contributed by atoms with Crippen LogP contribution in [-0.4, -0.2) is 26.1 Å². The van der Waals surface area contributed by atoms with Gasteiger partial charge in [-0.15, -0.1) is 0 Å². The summed E-state index contributed by atoms with van der Waals surface area (Å²) < 4.78 is 0.769. The van der Waals surface area contributed by atoms with E-state index in [1.165, 1.54) is 0 Å². The molecule has 0 aromatic heterocycles. The van der Waals surface area contributed by atoms with Crippen LogP contribution in [0.2, 0.25) is 0 Å². The van der Waals surface area contributed by atoms with Gasteiger partial charge in [0.15, 0.2) is 0 Å². The van der Waals surface area contributed by atoms with Crippen molar-refractivity contribution < 1.29 is 0 Å². The summed E-state index contributed by atoms with van der Waals surface area (Å²) in [4.78, 5) is 0. The van der Waals surface area contributed by atoms with Gasteiger partial charge in [-0.2, -0.15) is 0 Å². The predicted molar refractivity (Wildman–Crippen MR) is 28.3 cm³/mol. The Morgan fingerprint density at radius 3 is 1.83 bits per heavy atom. The summed E-state index contributed by atoms with van der Waals surface area (Å²) in [5.74, 6) is 0.440. The second-order valence-corrected chi connectivity index (χ2v) is 2.77. The fourth-order valence-corrected chi connectivity index (χ4v) is 0. The molecular formula is C4H8NTe. The van der Waals surface area contributed by atoms with Crippen LogP contribution in [0.5, 0.6) is 0 Å². The molecule has 2 heteroatoms. The van der Waals surface area contributed by atoms with E-state index in [0.717, 1.165) is 3.76 Å². The molecule has 0 fully saturated rings. The molecule has 0 aliphatic rings. The molecule has 6 heavy (non-hydrogen) atoms. The molecule has 0 unspecified atom stereocenters. The van der Waals surface area contributed by atoms with Crippen LogP contribution in [0.4, 0.5) is 0 Å². The van der Waals surface area contributed by atoms with Gasteiger partial charge >= 0.3 is 51.2 Å². The van der Waals surface area contributed by atoms with Crippen molar-refractivity contribution in [3.63, 3.8) is 0 Å². The van der Waals surface area contributed by atoms with Crippen LogP contribution in [0, 0.1) is 11.3 Å². The molecule has 0 heterocycles. The molecule has 1 nitrogen and oxygen atoms in total. The van der Waals surface area contributed by atoms with E-state index in [9.17, 15) is 0 Å². The molecule has 0 saturated carbocycles. The zero-order valence-electron chi connectivity index (χ0n) is 3.99. The third kappa shape index (κ3) is 2.68. The molecule has 1 N–H and O–H groups in total. The summed E-state index contributed by atoms with van der Waals surface area (Å²) in [5.41, 5.74) is 0. The van der Waals surface area contributed by atoms with E-state index >= 15 is 0 Å². The van der Waals surface area contributed by atoms with E-state index in [1.54, 1.807) is 22.3 Å². The molecule has 1 radical (unpaired) electrons. The summed E-state index contributed by atoms with van der Waals surface area (Å²) in [7, 11) is 0. The second-order valence-electron chi connectivity index (χ2n) is 1.52. The van der Waals surface area contributed by atoms with Gasteiger partial charge in [0, 0.05) is 0 Å². The van der Waals surface area contributed by atoms with Crippen LogP contribution >= 0.6 is 0 Å². The van der Waals surface area contributed by atoms with Gasteiger partial charge in [-0.1, -0.05) is 0 Å². The van der Waals surface area contributed by atoms with E-state index in [-0.39, 0.29) is 0 Å². The summed E-state index contributed by atoms with van der Waals surface area (Å²) >= 11 is 1.76. The quantitative estimate of drug-likeness (QED) is 0.475. The first kappa shape index (κ1) is 6.46. The molecule has 0 amide bonds. The molecule has 35 valence electrons. The summed E-state index contributed by atoms with van der Waals surface area (Å²) in [6.45, 7) is 4.04. The van der Waals surface area contributed by atoms with Crippen LogP contribution in [0.1, 0.15) is 13.8 Å². The summed E-state index contributed by atoms with van der Waals surface area (Å²) in [5, 5.41) is 6.95. The van der Waals surface area contributed by atoms with E-state index in [2.05, 4.69) is 0 Å². The summed E-state index contributed by atoms with van der Waals surface area (Å²) in [6.07, 6.45) is 0. The van der Waals surface area contributed by atoms with E-state index in [1.807, 2.05) is 13.8 Å². The normalized spacial score (nSPS) is 9.17. The Hall–Kier alpha value is 0.460. The number of nitrogens with one attached hydrogen (secondary N) is 1. The number of hydrogen-bond acceptors (Lipinski definition) is 1. The Balaban J connectivity index is 3.26. The fraction of sp³-hybridized carbons (Fsp3) is 0.750. The SMILES string of the molecule is CC(C)C(=N)[Te].